The van der Waals surface area contributed by atoms with Crippen LogP contribution in [0.1, 0.15) is 32.1 Å². The number of fused-ring (bicyclic) bond motifs is 3. The lowest BCUT2D eigenvalue weighted by atomic mass is 9.98. The Morgan fingerprint density at radius 1 is 0.893 bits per heavy atom. The number of benzene rings is 2. The number of nitrogens with zero attached hydrogens (tertiary/aromatic N) is 2. The average Bonchev–Trinajstić information content (AvgIpc) is 3.08. The molecule has 0 bridgehead atoms. The number of anilines is 1. The van der Waals surface area contributed by atoms with E-state index in [1.54, 1.807) is 17.7 Å². The molecule has 1 aliphatic rings. The highest BCUT2D eigenvalue weighted by atomic mass is 79.9. The van der Waals surface area contributed by atoms with E-state index in [0.717, 1.165) is 25.6 Å². The third kappa shape index (κ3) is 3.28. The van der Waals surface area contributed by atoms with Gasteiger partial charge in [0, 0.05) is 19.1 Å². The minimum Gasteiger partial charge on any atom is -0.383 e. The van der Waals surface area contributed by atoms with Gasteiger partial charge in [-0.05, 0) is 47.4 Å². The van der Waals surface area contributed by atoms with Gasteiger partial charge in [-0.15, -0.1) is 23.1 Å². The first-order chi connectivity index (χ1) is 13.6. The zero-order valence-corrected chi connectivity index (χ0v) is 19.4. The molecule has 1 aliphatic heterocycles. The molecule has 7 heteroatoms. The van der Waals surface area contributed by atoms with Crippen LogP contribution < -0.4 is 5.73 Å². The molecule has 3 nitrogen and oxygen atoms in total. The quantitative estimate of drug-likeness (QED) is 0.304. The number of hydrogen-bond acceptors (Lipinski definition) is 5. The summed E-state index contributed by atoms with van der Waals surface area (Å²) in [4.78, 5) is 11.1. The maximum absolute atomic E-state index is 6.27. The molecule has 0 fully saturated rings. The van der Waals surface area contributed by atoms with E-state index in [0.29, 0.717) is 11.1 Å². The summed E-state index contributed by atoms with van der Waals surface area (Å²) in [5, 5.41) is 1.64. The highest BCUT2D eigenvalue weighted by molar-refractivity contribution is 9.10. The molecular formula is C21H15Br2N3S2. The Hall–Kier alpha value is -1.41. The van der Waals surface area contributed by atoms with Crippen LogP contribution in [0.4, 0.5) is 5.82 Å². The summed E-state index contributed by atoms with van der Waals surface area (Å²) in [5.74, 6) is 0.582. The van der Waals surface area contributed by atoms with E-state index >= 15 is 0 Å². The number of thioether (sulfide) groups is 1. The molecule has 0 saturated carbocycles. The van der Waals surface area contributed by atoms with Crippen LogP contribution in [0.2, 0.25) is 0 Å². The van der Waals surface area contributed by atoms with Gasteiger partial charge in [0.1, 0.15) is 17.0 Å². The number of rotatable bonds is 2. The van der Waals surface area contributed by atoms with Crippen molar-refractivity contribution < 1.29 is 0 Å². The van der Waals surface area contributed by atoms with Gasteiger partial charge in [-0.1, -0.05) is 56.1 Å². The van der Waals surface area contributed by atoms with Crippen LogP contribution in [0.5, 0.6) is 0 Å². The Labute approximate surface area is 188 Å². The van der Waals surface area contributed by atoms with Gasteiger partial charge >= 0.3 is 0 Å². The van der Waals surface area contributed by atoms with Crippen molar-refractivity contribution in [2.45, 2.75) is 16.9 Å². The molecule has 4 aromatic rings. The minimum atomic E-state index is 0.254. The second-order valence-corrected chi connectivity index (χ2v) is 10.9. The van der Waals surface area contributed by atoms with Crippen molar-refractivity contribution in [3.05, 3.63) is 85.4 Å². The van der Waals surface area contributed by atoms with Gasteiger partial charge in [-0.2, -0.15) is 0 Å². The molecule has 0 radical (unpaired) electrons. The third-order valence-corrected chi connectivity index (χ3v) is 8.95. The molecule has 0 unspecified atom stereocenters. The van der Waals surface area contributed by atoms with Crippen molar-refractivity contribution in [1.82, 2.24) is 9.97 Å². The van der Waals surface area contributed by atoms with E-state index in [2.05, 4.69) is 90.4 Å². The van der Waals surface area contributed by atoms with E-state index in [4.69, 9.17) is 5.73 Å². The van der Waals surface area contributed by atoms with Crippen molar-refractivity contribution in [2.75, 3.05) is 5.73 Å². The number of hydrogen-bond donors (Lipinski definition) is 1. The summed E-state index contributed by atoms with van der Waals surface area (Å²) in [7, 11) is 0. The fourth-order valence-electron chi connectivity index (χ4n) is 3.65. The van der Waals surface area contributed by atoms with Crippen molar-refractivity contribution >= 4 is 71.0 Å². The molecule has 0 aliphatic carbocycles. The van der Waals surface area contributed by atoms with Gasteiger partial charge < -0.3 is 5.73 Å². The average molecular weight is 533 g/mol. The highest BCUT2D eigenvalue weighted by Crippen LogP contribution is 2.55. The van der Waals surface area contributed by atoms with Crippen molar-refractivity contribution in [2.24, 2.45) is 0 Å². The number of aromatic nitrogens is 2. The van der Waals surface area contributed by atoms with Gasteiger partial charge in [-0.3, -0.25) is 0 Å². The van der Waals surface area contributed by atoms with Crippen LogP contribution in [0, 0.1) is 0 Å². The number of nitrogen functional groups attached to an aromatic ring is 1. The maximum atomic E-state index is 6.27. The molecule has 2 aromatic carbocycles. The SMILES string of the molecule is Nc1ncnc2sc3c(c12)C[C@@H](c1ccc(Br)cc1)S[C@H]3c1ccc(Br)cc1. The van der Waals surface area contributed by atoms with Crippen LogP contribution in [-0.2, 0) is 6.42 Å². The van der Waals surface area contributed by atoms with Crippen LogP contribution in [0.15, 0.2) is 63.8 Å². The van der Waals surface area contributed by atoms with Gasteiger partial charge in [0.2, 0.25) is 0 Å². The van der Waals surface area contributed by atoms with E-state index in [-0.39, 0.29) is 5.25 Å². The minimum absolute atomic E-state index is 0.254. The molecule has 2 atom stereocenters. The predicted octanol–water partition coefficient (Wildman–Crippen LogP) is 6.92. The second kappa shape index (κ2) is 7.44. The molecule has 0 amide bonds. The first-order valence-electron chi connectivity index (χ1n) is 8.78. The van der Waals surface area contributed by atoms with Gasteiger partial charge in [0.15, 0.2) is 0 Å². The van der Waals surface area contributed by atoms with E-state index < -0.39 is 0 Å². The predicted molar refractivity (Wildman–Crippen MR) is 126 cm³/mol. The number of halogens is 2. The van der Waals surface area contributed by atoms with E-state index in [1.807, 2.05) is 11.8 Å². The summed E-state index contributed by atoms with van der Waals surface area (Å²) in [6.07, 6.45) is 2.50. The monoisotopic (exact) mass is 531 g/mol. The van der Waals surface area contributed by atoms with Crippen molar-refractivity contribution in [3.8, 4) is 0 Å². The molecule has 0 saturated heterocycles. The van der Waals surface area contributed by atoms with Gasteiger partial charge in [0.05, 0.1) is 10.6 Å². The first kappa shape index (κ1) is 18.6. The van der Waals surface area contributed by atoms with Gasteiger partial charge in [0.25, 0.3) is 0 Å². The largest absolute Gasteiger partial charge is 0.383 e. The Balaban J connectivity index is 1.68. The summed E-state index contributed by atoms with van der Waals surface area (Å²) in [5.41, 5.74) is 10.2. The zero-order valence-electron chi connectivity index (χ0n) is 14.6. The lowest BCUT2D eigenvalue weighted by Crippen LogP contribution is -2.12. The Morgan fingerprint density at radius 3 is 2.21 bits per heavy atom. The fourth-order valence-corrected chi connectivity index (χ4v) is 7.16. The third-order valence-electron chi connectivity index (χ3n) is 4.99. The maximum Gasteiger partial charge on any atom is 0.135 e. The summed E-state index contributed by atoms with van der Waals surface area (Å²) < 4.78 is 2.19. The standard InChI is InChI=1S/C21H15Br2N3S2/c22-13-5-1-11(2-6-13)16-9-15-17-20(24)25-10-26-21(17)28-19(15)18(27-16)12-3-7-14(23)8-4-12/h1-8,10,16,18H,9H2,(H2,24,25,26)/t16-,18-/m0/s1. The van der Waals surface area contributed by atoms with Crippen molar-refractivity contribution in [1.29, 1.82) is 0 Å². The van der Waals surface area contributed by atoms with E-state index in [9.17, 15) is 0 Å². The second-order valence-electron chi connectivity index (χ2n) is 6.70. The fraction of sp³-hybridized carbons (Fsp3) is 0.143. The molecule has 2 aromatic heterocycles. The van der Waals surface area contributed by atoms with Crippen LogP contribution in [0.25, 0.3) is 10.2 Å². The molecule has 3 heterocycles. The van der Waals surface area contributed by atoms with Crippen LogP contribution in [-0.4, -0.2) is 9.97 Å². The molecule has 0 spiro atoms. The summed E-state index contributed by atoms with van der Waals surface area (Å²) in [6.45, 7) is 0. The number of nitrogens with two attached hydrogens (primary N) is 1. The van der Waals surface area contributed by atoms with Crippen LogP contribution in [0.3, 0.4) is 0 Å². The molecule has 140 valence electrons. The Kier molecular flexibility index (Phi) is 4.95. The molecule has 28 heavy (non-hydrogen) atoms. The molecule has 5 rings (SSSR count). The lowest BCUT2D eigenvalue weighted by molar-refractivity contribution is 0.894. The summed E-state index contributed by atoms with van der Waals surface area (Å²) >= 11 is 10.8. The first-order valence-corrected chi connectivity index (χ1v) is 12.1. The van der Waals surface area contributed by atoms with E-state index in [1.165, 1.54) is 21.6 Å². The van der Waals surface area contributed by atoms with Crippen molar-refractivity contribution in [3.63, 3.8) is 0 Å². The zero-order chi connectivity index (χ0) is 19.3. The highest BCUT2D eigenvalue weighted by Gasteiger charge is 2.33. The molecular weight excluding hydrogens is 518 g/mol. The van der Waals surface area contributed by atoms with Gasteiger partial charge in [-0.25, -0.2) is 9.97 Å². The lowest BCUT2D eigenvalue weighted by Gasteiger charge is -2.30. The Bertz CT molecular complexity index is 1160. The molecule has 2 N–H and O–H groups in total. The Morgan fingerprint density at radius 2 is 1.54 bits per heavy atom. The normalized spacial score (nSPS) is 18.9. The van der Waals surface area contributed by atoms with Crippen LogP contribution >= 0.6 is 55.0 Å². The number of thiophene rings is 1. The smallest absolute Gasteiger partial charge is 0.135 e. The summed E-state index contributed by atoms with van der Waals surface area (Å²) in [6, 6.07) is 17.3. The topological polar surface area (TPSA) is 51.8 Å².